The lowest BCUT2D eigenvalue weighted by Crippen LogP contribution is -1.96. The van der Waals surface area contributed by atoms with E-state index in [1.54, 1.807) is 18.0 Å². The summed E-state index contributed by atoms with van der Waals surface area (Å²) in [5, 5.41) is 0.916. The molecule has 3 nitrogen and oxygen atoms in total. The van der Waals surface area contributed by atoms with E-state index in [1.165, 1.54) is 0 Å². The van der Waals surface area contributed by atoms with Crippen LogP contribution >= 0.6 is 11.8 Å². The first-order valence-electron chi connectivity index (χ1n) is 3.89. The van der Waals surface area contributed by atoms with Crippen LogP contribution < -0.4 is 0 Å². The van der Waals surface area contributed by atoms with Crippen LogP contribution in [0.3, 0.4) is 0 Å². The molecule has 1 rings (SSSR count). The molecule has 0 atom stereocenters. The lowest BCUT2D eigenvalue weighted by atomic mass is 10.5. The molecule has 12 heavy (non-hydrogen) atoms. The SMILES string of the molecule is CCCSc1ncc(C=O)n1C. The van der Waals surface area contributed by atoms with Gasteiger partial charge in [0.2, 0.25) is 0 Å². The summed E-state index contributed by atoms with van der Waals surface area (Å²) >= 11 is 1.68. The zero-order valence-electron chi connectivity index (χ0n) is 7.28. The molecule has 0 aliphatic carbocycles. The topological polar surface area (TPSA) is 34.9 Å². The van der Waals surface area contributed by atoms with E-state index in [-0.39, 0.29) is 0 Å². The van der Waals surface area contributed by atoms with Gasteiger partial charge in [0.05, 0.1) is 6.20 Å². The second kappa shape index (κ2) is 4.30. The molecule has 4 heteroatoms. The third-order valence-corrected chi connectivity index (χ3v) is 2.79. The molecule has 1 heterocycles. The average molecular weight is 184 g/mol. The van der Waals surface area contributed by atoms with E-state index < -0.39 is 0 Å². The Morgan fingerprint density at radius 1 is 1.75 bits per heavy atom. The monoisotopic (exact) mass is 184 g/mol. The molecule has 1 aromatic rings. The van der Waals surface area contributed by atoms with Gasteiger partial charge in [-0.1, -0.05) is 18.7 Å². The molecule has 0 N–H and O–H groups in total. The Bertz CT molecular complexity index is 270. The quantitative estimate of drug-likeness (QED) is 0.528. The third-order valence-electron chi connectivity index (χ3n) is 1.54. The van der Waals surface area contributed by atoms with Gasteiger partial charge in [-0.25, -0.2) is 4.98 Å². The van der Waals surface area contributed by atoms with Crippen LogP contribution in [0, 0.1) is 0 Å². The third kappa shape index (κ3) is 1.88. The number of hydrogen-bond donors (Lipinski definition) is 0. The van der Waals surface area contributed by atoms with Crippen molar-refractivity contribution < 1.29 is 4.79 Å². The number of carbonyl (C=O) groups excluding carboxylic acids is 1. The predicted molar refractivity (Wildman–Crippen MR) is 49.6 cm³/mol. The van der Waals surface area contributed by atoms with Crippen molar-refractivity contribution in [2.75, 3.05) is 5.75 Å². The number of nitrogens with zero attached hydrogens (tertiary/aromatic N) is 2. The van der Waals surface area contributed by atoms with E-state index in [1.807, 2.05) is 11.6 Å². The zero-order chi connectivity index (χ0) is 8.97. The first kappa shape index (κ1) is 9.32. The summed E-state index contributed by atoms with van der Waals surface area (Å²) in [6.45, 7) is 2.12. The van der Waals surface area contributed by atoms with Crippen molar-refractivity contribution in [2.45, 2.75) is 18.5 Å². The van der Waals surface area contributed by atoms with E-state index in [2.05, 4.69) is 11.9 Å². The molecule has 0 fully saturated rings. The highest BCUT2D eigenvalue weighted by atomic mass is 32.2. The Morgan fingerprint density at radius 3 is 3.00 bits per heavy atom. The highest BCUT2D eigenvalue weighted by Gasteiger charge is 2.04. The van der Waals surface area contributed by atoms with Gasteiger partial charge in [-0.2, -0.15) is 0 Å². The highest BCUT2D eigenvalue weighted by molar-refractivity contribution is 7.99. The summed E-state index contributed by atoms with van der Waals surface area (Å²) in [7, 11) is 1.86. The molecule has 0 saturated carbocycles. The number of imidazole rings is 1. The maximum Gasteiger partial charge on any atom is 0.168 e. The van der Waals surface area contributed by atoms with Gasteiger partial charge in [-0.05, 0) is 6.42 Å². The van der Waals surface area contributed by atoms with Crippen molar-refractivity contribution in [3.05, 3.63) is 11.9 Å². The number of rotatable bonds is 4. The van der Waals surface area contributed by atoms with E-state index in [4.69, 9.17) is 0 Å². The van der Waals surface area contributed by atoms with Crippen molar-refractivity contribution >= 4 is 18.0 Å². The van der Waals surface area contributed by atoms with Gasteiger partial charge in [-0.15, -0.1) is 0 Å². The largest absolute Gasteiger partial charge is 0.320 e. The zero-order valence-corrected chi connectivity index (χ0v) is 8.10. The van der Waals surface area contributed by atoms with Crippen LogP contribution in [0.1, 0.15) is 23.8 Å². The van der Waals surface area contributed by atoms with Crippen molar-refractivity contribution in [1.82, 2.24) is 9.55 Å². The summed E-state index contributed by atoms with van der Waals surface area (Å²) in [6, 6.07) is 0. The van der Waals surface area contributed by atoms with E-state index in [0.29, 0.717) is 5.69 Å². The molecule has 0 spiro atoms. The van der Waals surface area contributed by atoms with Crippen LogP contribution in [0.2, 0.25) is 0 Å². The van der Waals surface area contributed by atoms with E-state index in [9.17, 15) is 4.79 Å². The van der Waals surface area contributed by atoms with Gasteiger partial charge in [0.15, 0.2) is 11.4 Å². The minimum atomic E-state index is 0.633. The van der Waals surface area contributed by atoms with Gasteiger partial charge < -0.3 is 4.57 Å². The fraction of sp³-hybridized carbons (Fsp3) is 0.500. The first-order chi connectivity index (χ1) is 5.79. The maximum absolute atomic E-state index is 10.4. The molecule has 0 unspecified atom stereocenters. The molecule has 0 aliphatic rings. The minimum absolute atomic E-state index is 0.633. The predicted octanol–water partition coefficient (Wildman–Crippen LogP) is 1.73. The minimum Gasteiger partial charge on any atom is -0.320 e. The Kier molecular flexibility index (Phi) is 3.34. The highest BCUT2D eigenvalue weighted by Crippen LogP contribution is 2.16. The van der Waals surface area contributed by atoms with Crippen LogP contribution in [0.4, 0.5) is 0 Å². The van der Waals surface area contributed by atoms with Crippen molar-refractivity contribution in [3.63, 3.8) is 0 Å². The van der Waals surface area contributed by atoms with E-state index in [0.717, 1.165) is 23.6 Å². The summed E-state index contributed by atoms with van der Waals surface area (Å²) < 4.78 is 1.81. The molecule has 0 aromatic carbocycles. The van der Waals surface area contributed by atoms with Gasteiger partial charge in [0, 0.05) is 12.8 Å². The summed E-state index contributed by atoms with van der Waals surface area (Å²) in [4.78, 5) is 14.6. The number of aldehydes is 1. The molecular formula is C8H12N2OS. The van der Waals surface area contributed by atoms with Crippen LogP contribution in [0.5, 0.6) is 0 Å². The average Bonchev–Trinajstić information content (AvgIpc) is 2.43. The van der Waals surface area contributed by atoms with Crippen molar-refractivity contribution in [1.29, 1.82) is 0 Å². The molecular weight excluding hydrogens is 172 g/mol. The van der Waals surface area contributed by atoms with Crippen LogP contribution in [0.25, 0.3) is 0 Å². The number of carbonyl (C=O) groups is 1. The molecule has 1 aromatic heterocycles. The van der Waals surface area contributed by atoms with Crippen LogP contribution in [-0.4, -0.2) is 21.6 Å². The lowest BCUT2D eigenvalue weighted by molar-refractivity contribution is 0.111. The first-order valence-corrected chi connectivity index (χ1v) is 4.87. The van der Waals surface area contributed by atoms with Crippen LogP contribution in [0.15, 0.2) is 11.4 Å². The second-order valence-electron chi connectivity index (χ2n) is 2.49. The van der Waals surface area contributed by atoms with Crippen molar-refractivity contribution in [3.8, 4) is 0 Å². The number of aromatic nitrogens is 2. The molecule has 66 valence electrons. The van der Waals surface area contributed by atoms with Crippen molar-refractivity contribution in [2.24, 2.45) is 7.05 Å². The van der Waals surface area contributed by atoms with Gasteiger partial charge >= 0.3 is 0 Å². The molecule has 0 aliphatic heterocycles. The molecule has 0 amide bonds. The Labute approximate surface area is 76.2 Å². The Balaban J connectivity index is 2.72. The lowest BCUT2D eigenvalue weighted by Gasteiger charge is -1.99. The molecule has 0 saturated heterocycles. The number of thioether (sulfide) groups is 1. The molecule has 0 bridgehead atoms. The summed E-state index contributed by atoms with van der Waals surface area (Å²) in [5.41, 5.74) is 0.633. The normalized spacial score (nSPS) is 10.2. The fourth-order valence-corrected chi connectivity index (χ4v) is 1.65. The van der Waals surface area contributed by atoms with Gasteiger partial charge in [-0.3, -0.25) is 4.79 Å². The fourth-order valence-electron chi connectivity index (χ4n) is 0.842. The van der Waals surface area contributed by atoms with Gasteiger partial charge in [0.1, 0.15) is 5.69 Å². The van der Waals surface area contributed by atoms with E-state index >= 15 is 0 Å². The standard InChI is InChI=1S/C8H12N2OS/c1-3-4-12-8-9-5-7(6-11)10(8)2/h5-6H,3-4H2,1-2H3. The Morgan fingerprint density at radius 2 is 2.50 bits per heavy atom. The summed E-state index contributed by atoms with van der Waals surface area (Å²) in [5.74, 6) is 1.04. The number of hydrogen-bond acceptors (Lipinski definition) is 3. The second-order valence-corrected chi connectivity index (χ2v) is 3.55. The Hall–Kier alpha value is -0.770. The van der Waals surface area contributed by atoms with Crippen LogP contribution in [-0.2, 0) is 7.05 Å². The smallest absolute Gasteiger partial charge is 0.168 e. The molecule has 0 radical (unpaired) electrons. The summed E-state index contributed by atoms with van der Waals surface area (Å²) in [6.07, 6.45) is 3.54. The van der Waals surface area contributed by atoms with Gasteiger partial charge in [0.25, 0.3) is 0 Å². The maximum atomic E-state index is 10.4.